The highest BCUT2D eigenvalue weighted by molar-refractivity contribution is 8.18. The average Bonchev–Trinajstić information content (AvgIpc) is 3.52. The van der Waals surface area contributed by atoms with Crippen LogP contribution in [0.1, 0.15) is 11.3 Å². The number of aromatic nitrogens is 1. The number of hydrogen-bond donors (Lipinski definition) is 0. The second kappa shape index (κ2) is 8.61. The largest absolute Gasteiger partial charge is 0.467 e. The van der Waals surface area contributed by atoms with Gasteiger partial charge in [-0.05, 0) is 48.2 Å². The highest BCUT2D eigenvalue weighted by atomic mass is 32.2. The van der Waals surface area contributed by atoms with E-state index in [4.69, 9.17) is 9.41 Å². The molecule has 2 aromatic carbocycles. The molecule has 5 rings (SSSR count). The minimum absolute atomic E-state index is 0.127. The number of amidine groups is 1. The Hall–Kier alpha value is -4.02. The number of fused-ring (bicyclic) bond motifs is 1. The van der Waals surface area contributed by atoms with E-state index in [1.54, 1.807) is 17.2 Å². The molecule has 0 spiro atoms. The Morgan fingerprint density at radius 2 is 1.88 bits per heavy atom. The normalized spacial score (nSPS) is 16.3. The second-order valence-corrected chi connectivity index (χ2v) is 8.21. The van der Waals surface area contributed by atoms with E-state index in [9.17, 15) is 10.1 Å². The molecule has 1 aliphatic heterocycles. The maximum absolute atomic E-state index is 13.4. The van der Waals surface area contributed by atoms with E-state index in [1.807, 2.05) is 77.5 Å². The van der Waals surface area contributed by atoms with Gasteiger partial charge in [-0.1, -0.05) is 36.4 Å². The Balaban J connectivity index is 1.56. The Morgan fingerprint density at radius 1 is 1.06 bits per heavy atom. The van der Waals surface area contributed by atoms with Crippen molar-refractivity contribution in [1.29, 1.82) is 5.26 Å². The number of aliphatic imine (C=N–C) groups is 1. The van der Waals surface area contributed by atoms with Crippen molar-refractivity contribution in [3.8, 4) is 6.07 Å². The number of thioether (sulfide) groups is 1. The van der Waals surface area contributed by atoms with Gasteiger partial charge in [0.05, 0.1) is 29.5 Å². The summed E-state index contributed by atoms with van der Waals surface area (Å²) >= 11 is 1.34. The summed E-state index contributed by atoms with van der Waals surface area (Å²) in [6, 6.07) is 23.3. The molecule has 4 aromatic rings. The minimum atomic E-state index is -0.127. The number of hydrogen-bond acceptors (Lipinski definition) is 5. The van der Waals surface area contributed by atoms with Crippen LogP contribution < -0.4 is 0 Å². The van der Waals surface area contributed by atoms with Crippen molar-refractivity contribution in [1.82, 2.24) is 9.47 Å². The molecule has 7 heteroatoms. The van der Waals surface area contributed by atoms with Gasteiger partial charge < -0.3 is 8.98 Å². The van der Waals surface area contributed by atoms with Gasteiger partial charge in [0.15, 0.2) is 5.17 Å². The van der Waals surface area contributed by atoms with Crippen molar-refractivity contribution >= 4 is 45.5 Å². The van der Waals surface area contributed by atoms with Gasteiger partial charge in [-0.2, -0.15) is 5.26 Å². The molecule has 0 saturated carbocycles. The van der Waals surface area contributed by atoms with Gasteiger partial charge in [0.25, 0.3) is 5.91 Å². The zero-order valence-corrected chi connectivity index (χ0v) is 17.8. The molecule has 0 atom stereocenters. The first kappa shape index (κ1) is 19.9. The summed E-state index contributed by atoms with van der Waals surface area (Å²) in [7, 11) is 0. The van der Waals surface area contributed by atoms with E-state index in [2.05, 4.69) is 6.07 Å². The molecule has 6 nitrogen and oxygen atoms in total. The number of rotatable bonds is 5. The fraction of sp³-hybridized carbons (Fsp3) is 0.0800. The average molecular weight is 439 g/mol. The van der Waals surface area contributed by atoms with Gasteiger partial charge in [-0.15, -0.1) is 0 Å². The Bertz CT molecular complexity index is 1380. The van der Waals surface area contributed by atoms with Crippen LogP contribution in [0.15, 0.2) is 93.5 Å². The number of nitriles is 1. The number of furan rings is 1. The summed E-state index contributed by atoms with van der Waals surface area (Å²) < 4.78 is 7.37. The van der Waals surface area contributed by atoms with E-state index >= 15 is 0 Å². The first-order chi connectivity index (χ1) is 15.7. The van der Waals surface area contributed by atoms with Gasteiger partial charge in [0.2, 0.25) is 0 Å². The van der Waals surface area contributed by atoms with Gasteiger partial charge in [-0.3, -0.25) is 9.69 Å². The second-order valence-electron chi connectivity index (χ2n) is 7.20. The predicted octanol–water partition coefficient (Wildman–Crippen LogP) is 5.56. The van der Waals surface area contributed by atoms with E-state index in [1.165, 1.54) is 11.8 Å². The molecular weight excluding hydrogens is 420 g/mol. The molecule has 0 radical (unpaired) electrons. The zero-order valence-electron chi connectivity index (χ0n) is 17.0. The van der Waals surface area contributed by atoms with Crippen molar-refractivity contribution in [2.45, 2.75) is 13.1 Å². The lowest BCUT2D eigenvalue weighted by atomic mass is 10.1. The molecule has 1 fully saturated rings. The summed E-state index contributed by atoms with van der Waals surface area (Å²) in [6.07, 6.45) is 5.39. The standard InChI is InChI=1S/C25H18N4O2S/c26-12-13-28-16-18(21-10-4-5-11-22(21)28)15-23-24(30)29(17-20-9-6-14-31-20)25(32-23)27-19-7-2-1-3-8-19/h1-11,14-16H,13,17H2. The number of benzene rings is 2. The van der Waals surface area contributed by atoms with Crippen molar-refractivity contribution in [2.75, 3.05) is 0 Å². The molecule has 0 aliphatic carbocycles. The van der Waals surface area contributed by atoms with Crippen LogP contribution in [0.25, 0.3) is 17.0 Å². The topological polar surface area (TPSA) is 74.5 Å². The van der Waals surface area contributed by atoms with Crippen LogP contribution >= 0.6 is 11.8 Å². The van der Waals surface area contributed by atoms with Crippen molar-refractivity contribution in [2.24, 2.45) is 4.99 Å². The molecule has 2 aromatic heterocycles. The number of carbonyl (C=O) groups is 1. The zero-order chi connectivity index (χ0) is 21.9. The van der Waals surface area contributed by atoms with Gasteiger partial charge in [-0.25, -0.2) is 4.99 Å². The molecule has 1 saturated heterocycles. The molecule has 3 heterocycles. The van der Waals surface area contributed by atoms with E-state index in [0.29, 0.717) is 22.4 Å². The van der Waals surface area contributed by atoms with Crippen LogP contribution in [-0.2, 0) is 17.9 Å². The molecule has 156 valence electrons. The highest BCUT2D eigenvalue weighted by Gasteiger charge is 2.34. The minimum Gasteiger partial charge on any atom is -0.467 e. The smallest absolute Gasteiger partial charge is 0.267 e. The quantitative estimate of drug-likeness (QED) is 0.382. The lowest BCUT2D eigenvalue weighted by Gasteiger charge is -2.13. The number of carbonyl (C=O) groups excluding carboxylic acids is 1. The number of amides is 1. The van der Waals surface area contributed by atoms with Crippen LogP contribution in [0.3, 0.4) is 0 Å². The maximum atomic E-state index is 13.4. The van der Waals surface area contributed by atoms with E-state index in [-0.39, 0.29) is 12.5 Å². The summed E-state index contributed by atoms with van der Waals surface area (Å²) in [5.41, 5.74) is 2.63. The van der Waals surface area contributed by atoms with Crippen LogP contribution in [-0.4, -0.2) is 20.5 Å². The highest BCUT2D eigenvalue weighted by Crippen LogP contribution is 2.36. The van der Waals surface area contributed by atoms with E-state index < -0.39 is 0 Å². The monoisotopic (exact) mass is 438 g/mol. The molecule has 0 N–H and O–H groups in total. The van der Waals surface area contributed by atoms with Crippen molar-refractivity contribution < 1.29 is 9.21 Å². The Morgan fingerprint density at radius 3 is 2.66 bits per heavy atom. The molecule has 32 heavy (non-hydrogen) atoms. The summed E-state index contributed by atoms with van der Waals surface area (Å²) in [4.78, 5) is 20.3. The SMILES string of the molecule is N#CCn1cc(C=C2SC(=Nc3ccccc3)N(Cc3ccco3)C2=O)c2ccccc21. The number of para-hydroxylation sites is 2. The molecule has 0 unspecified atom stereocenters. The molecule has 1 aliphatic rings. The number of nitrogens with zero attached hydrogens (tertiary/aromatic N) is 4. The van der Waals surface area contributed by atoms with Crippen molar-refractivity contribution in [3.05, 3.63) is 95.4 Å². The molecule has 1 amide bonds. The van der Waals surface area contributed by atoms with Crippen molar-refractivity contribution in [3.63, 3.8) is 0 Å². The van der Waals surface area contributed by atoms with E-state index in [0.717, 1.165) is 22.2 Å². The molecule has 0 bridgehead atoms. The van der Waals surface area contributed by atoms with Crippen LogP contribution in [0.2, 0.25) is 0 Å². The first-order valence-corrected chi connectivity index (χ1v) is 10.9. The fourth-order valence-corrected chi connectivity index (χ4v) is 4.63. The van der Waals surface area contributed by atoms with Gasteiger partial charge >= 0.3 is 0 Å². The lowest BCUT2D eigenvalue weighted by Crippen LogP contribution is -2.28. The van der Waals surface area contributed by atoms with Gasteiger partial charge in [0, 0.05) is 22.7 Å². The third-order valence-electron chi connectivity index (χ3n) is 5.11. The third kappa shape index (κ3) is 3.84. The van der Waals surface area contributed by atoms with Gasteiger partial charge in [0.1, 0.15) is 12.3 Å². The maximum Gasteiger partial charge on any atom is 0.267 e. The summed E-state index contributed by atoms with van der Waals surface area (Å²) in [5, 5.41) is 10.8. The van der Waals surface area contributed by atoms with Crippen LogP contribution in [0, 0.1) is 11.3 Å². The Kier molecular flexibility index (Phi) is 5.36. The van der Waals surface area contributed by atoms with Crippen LogP contribution in [0.5, 0.6) is 0 Å². The predicted molar refractivity (Wildman–Crippen MR) is 126 cm³/mol. The molecular formula is C25H18N4O2S. The first-order valence-electron chi connectivity index (χ1n) is 10.1. The summed E-state index contributed by atoms with van der Waals surface area (Å²) in [6.45, 7) is 0.550. The van der Waals surface area contributed by atoms with Crippen LogP contribution in [0.4, 0.5) is 5.69 Å². The summed E-state index contributed by atoms with van der Waals surface area (Å²) in [5.74, 6) is 0.560. The third-order valence-corrected chi connectivity index (χ3v) is 6.12. The fourth-order valence-electron chi connectivity index (χ4n) is 3.64. The lowest BCUT2D eigenvalue weighted by molar-refractivity contribution is -0.122. The Labute approximate surface area is 189 Å².